The van der Waals surface area contributed by atoms with Crippen molar-refractivity contribution in [3.05, 3.63) is 34.9 Å². The van der Waals surface area contributed by atoms with E-state index in [1.54, 1.807) is 0 Å². The van der Waals surface area contributed by atoms with Crippen LogP contribution in [-0.2, 0) is 6.42 Å². The van der Waals surface area contributed by atoms with Crippen molar-refractivity contribution in [2.75, 3.05) is 5.75 Å². The number of aryl methyl sites for hydroxylation is 1. The summed E-state index contributed by atoms with van der Waals surface area (Å²) in [7, 11) is 0. The fraction of sp³-hybridized carbons (Fsp3) is 0.308. The monoisotopic (exact) mass is 216 g/mol. The third kappa shape index (κ3) is 2.24. The number of benzene rings is 1. The van der Waals surface area contributed by atoms with Gasteiger partial charge < -0.3 is 0 Å². The molecule has 2 heteroatoms. The zero-order chi connectivity index (χ0) is 10.7. The summed E-state index contributed by atoms with van der Waals surface area (Å²) in [6.07, 6.45) is 2.67. The van der Waals surface area contributed by atoms with E-state index in [-0.39, 0.29) is 5.78 Å². The quantitative estimate of drug-likeness (QED) is 0.521. The number of carbonyl (C=O) groups is 1. The van der Waals surface area contributed by atoms with Crippen molar-refractivity contribution in [3.8, 4) is 11.8 Å². The van der Waals surface area contributed by atoms with Gasteiger partial charge in [-0.25, -0.2) is 0 Å². The molecule has 76 valence electrons. The number of hydrogen-bond donors (Lipinski definition) is 1. The number of rotatable bonds is 0. The van der Waals surface area contributed by atoms with Crippen molar-refractivity contribution in [2.24, 2.45) is 0 Å². The number of hydrogen-bond acceptors (Lipinski definition) is 2. The Hall–Kier alpha value is -1.20. The van der Waals surface area contributed by atoms with E-state index in [4.69, 9.17) is 0 Å². The van der Waals surface area contributed by atoms with Gasteiger partial charge in [0, 0.05) is 17.5 Å². The molecule has 0 N–H and O–H groups in total. The molecule has 1 aromatic rings. The van der Waals surface area contributed by atoms with Crippen molar-refractivity contribution in [1.29, 1.82) is 0 Å². The first-order valence-electron chi connectivity index (χ1n) is 5.07. The molecular weight excluding hydrogens is 204 g/mol. The Bertz CT molecular complexity index is 451. The molecule has 0 radical (unpaired) electrons. The van der Waals surface area contributed by atoms with E-state index in [0.29, 0.717) is 12.2 Å². The van der Waals surface area contributed by atoms with Gasteiger partial charge in [-0.1, -0.05) is 17.9 Å². The summed E-state index contributed by atoms with van der Waals surface area (Å²) in [4.78, 5) is 11.6. The molecule has 0 unspecified atom stereocenters. The van der Waals surface area contributed by atoms with Crippen molar-refractivity contribution in [3.63, 3.8) is 0 Å². The molecule has 0 atom stereocenters. The van der Waals surface area contributed by atoms with Crippen LogP contribution in [-0.4, -0.2) is 11.5 Å². The third-order valence-corrected chi connectivity index (χ3v) is 2.73. The van der Waals surface area contributed by atoms with E-state index in [1.165, 1.54) is 5.56 Å². The van der Waals surface area contributed by atoms with Gasteiger partial charge in [-0.05, 0) is 30.5 Å². The average molecular weight is 216 g/mol. The largest absolute Gasteiger partial charge is 0.294 e. The van der Waals surface area contributed by atoms with Gasteiger partial charge in [0.1, 0.15) is 0 Å². The van der Waals surface area contributed by atoms with Crippen molar-refractivity contribution < 1.29 is 4.79 Å². The lowest BCUT2D eigenvalue weighted by atomic mass is 9.89. The SMILES string of the molecule is O=C1CCCc2ccc(C#CCS)cc21. The predicted molar refractivity (Wildman–Crippen MR) is 64.4 cm³/mol. The predicted octanol–water partition coefficient (Wildman–Crippen LogP) is 2.49. The van der Waals surface area contributed by atoms with Crippen LogP contribution in [0.15, 0.2) is 18.2 Å². The third-order valence-electron chi connectivity index (χ3n) is 2.57. The lowest BCUT2D eigenvalue weighted by Gasteiger charge is -2.14. The van der Waals surface area contributed by atoms with Gasteiger partial charge in [0.05, 0.1) is 5.75 Å². The van der Waals surface area contributed by atoms with E-state index in [0.717, 1.165) is 24.0 Å². The molecule has 1 aliphatic rings. The summed E-state index contributed by atoms with van der Waals surface area (Å²) in [6.45, 7) is 0. The first-order valence-corrected chi connectivity index (χ1v) is 5.70. The second kappa shape index (κ2) is 4.55. The van der Waals surface area contributed by atoms with Gasteiger partial charge in [-0.15, -0.1) is 0 Å². The van der Waals surface area contributed by atoms with Gasteiger partial charge in [0.15, 0.2) is 5.78 Å². The topological polar surface area (TPSA) is 17.1 Å². The number of carbonyl (C=O) groups excluding carboxylic acids is 1. The van der Waals surface area contributed by atoms with E-state index in [2.05, 4.69) is 24.5 Å². The fourth-order valence-electron chi connectivity index (χ4n) is 1.85. The van der Waals surface area contributed by atoms with Crippen molar-refractivity contribution in [1.82, 2.24) is 0 Å². The number of ketones is 1. The summed E-state index contributed by atoms with van der Waals surface area (Å²) in [6, 6.07) is 5.91. The number of Topliss-reactive ketones (excluding diaryl/α,β-unsaturated/α-hetero) is 1. The molecule has 0 saturated carbocycles. The summed E-state index contributed by atoms with van der Waals surface area (Å²) in [5.41, 5.74) is 2.95. The van der Waals surface area contributed by atoms with Crippen molar-refractivity contribution in [2.45, 2.75) is 19.3 Å². The fourth-order valence-corrected chi connectivity index (χ4v) is 1.93. The Morgan fingerprint density at radius 3 is 3.00 bits per heavy atom. The minimum Gasteiger partial charge on any atom is -0.294 e. The molecule has 2 rings (SSSR count). The van der Waals surface area contributed by atoms with E-state index < -0.39 is 0 Å². The van der Waals surface area contributed by atoms with Crippen LogP contribution in [0.1, 0.15) is 34.3 Å². The summed E-state index contributed by atoms with van der Waals surface area (Å²) in [5.74, 6) is 6.68. The molecule has 0 aromatic heterocycles. The number of fused-ring (bicyclic) bond motifs is 1. The van der Waals surface area contributed by atoms with Gasteiger partial charge in [-0.3, -0.25) is 4.79 Å². The van der Waals surface area contributed by atoms with Crippen LogP contribution in [0.2, 0.25) is 0 Å². The highest BCUT2D eigenvalue weighted by Gasteiger charge is 2.16. The molecule has 0 aliphatic heterocycles. The van der Waals surface area contributed by atoms with Crippen LogP contribution in [0.25, 0.3) is 0 Å². The smallest absolute Gasteiger partial charge is 0.163 e. The molecule has 0 spiro atoms. The molecular formula is C13H12OS. The minimum absolute atomic E-state index is 0.255. The highest BCUT2D eigenvalue weighted by atomic mass is 32.1. The molecule has 0 heterocycles. The summed E-state index contributed by atoms with van der Waals surface area (Å²) in [5, 5.41) is 0. The summed E-state index contributed by atoms with van der Waals surface area (Å²) >= 11 is 4.03. The lowest BCUT2D eigenvalue weighted by molar-refractivity contribution is 0.0972. The lowest BCUT2D eigenvalue weighted by Crippen LogP contribution is -2.10. The molecule has 0 bridgehead atoms. The van der Waals surface area contributed by atoms with Crippen LogP contribution in [0, 0.1) is 11.8 Å². The minimum atomic E-state index is 0.255. The molecule has 1 nitrogen and oxygen atoms in total. The average Bonchev–Trinajstić information content (AvgIpc) is 2.27. The first kappa shape index (κ1) is 10.3. The highest BCUT2D eigenvalue weighted by molar-refractivity contribution is 7.80. The van der Waals surface area contributed by atoms with E-state index in [9.17, 15) is 4.79 Å². The Kier molecular flexibility index (Phi) is 3.13. The maximum Gasteiger partial charge on any atom is 0.163 e. The van der Waals surface area contributed by atoms with E-state index >= 15 is 0 Å². The van der Waals surface area contributed by atoms with Gasteiger partial charge in [0.2, 0.25) is 0 Å². The maximum atomic E-state index is 11.6. The highest BCUT2D eigenvalue weighted by Crippen LogP contribution is 2.21. The van der Waals surface area contributed by atoms with Gasteiger partial charge in [0.25, 0.3) is 0 Å². The molecule has 1 aromatic carbocycles. The van der Waals surface area contributed by atoms with Crippen LogP contribution < -0.4 is 0 Å². The van der Waals surface area contributed by atoms with Crippen LogP contribution in [0.5, 0.6) is 0 Å². The Morgan fingerprint density at radius 1 is 1.33 bits per heavy atom. The zero-order valence-corrected chi connectivity index (χ0v) is 9.31. The molecule has 1 aliphatic carbocycles. The van der Waals surface area contributed by atoms with Crippen molar-refractivity contribution >= 4 is 18.4 Å². The van der Waals surface area contributed by atoms with Crippen LogP contribution in [0.3, 0.4) is 0 Å². The second-order valence-corrected chi connectivity index (χ2v) is 3.92. The molecule has 0 saturated heterocycles. The van der Waals surface area contributed by atoms with Crippen LogP contribution in [0.4, 0.5) is 0 Å². The Morgan fingerprint density at radius 2 is 2.20 bits per heavy atom. The number of thiol groups is 1. The standard InChI is InChI=1S/C13H12OS/c14-13-5-1-4-11-7-6-10(3-2-8-15)9-12(11)13/h6-7,9,15H,1,4-5,8H2. The Labute approximate surface area is 95.3 Å². The van der Waals surface area contributed by atoms with Gasteiger partial charge in [-0.2, -0.15) is 12.6 Å². The van der Waals surface area contributed by atoms with Gasteiger partial charge >= 0.3 is 0 Å². The first-order chi connectivity index (χ1) is 7.31. The van der Waals surface area contributed by atoms with Crippen LogP contribution >= 0.6 is 12.6 Å². The molecule has 15 heavy (non-hydrogen) atoms. The van der Waals surface area contributed by atoms with E-state index in [1.807, 2.05) is 18.2 Å². The molecule has 0 fully saturated rings. The zero-order valence-electron chi connectivity index (χ0n) is 8.42. The summed E-state index contributed by atoms with van der Waals surface area (Å²) < 4.78 is 0. The molecule has 0 amide bonds. The second-order valence-electron chi connectivity index (χ2n) is 3.61. The normalized spacial score (nSPS) is 14.1. The Balaban J connectivity index is 2.39. The maximum absolute atomic E-state index is 11.6.